The lowest BCUT2D eigenvalue weighted by molar-refractivity contribution is 0.0933. The molecule has 4 rings (SSSR count). The highest BCUT2D eigenvalue weighted by molar-refractivity contribution is 6.33. The number of aromatic nitrogens is 2. The second kappa shape index (κ2) is 8.84. The molecule has 3 aromatic rings. The zero-order chi connectivity index (χ0) is 20.2. The second-order valence-corrected chi connectivity index (χ2v) is 7.74. The molecule has 1 aliphatic heterocycles. The summed E-state index contributed by atoms with van der Waals surface area (Å²) in [5.41, 5.74) is 2.14. The summed E-state index contributed by atoms with van der Waals surface area (Å²) >= 11 is 6.53. The first kappa shape index (κ1) is 19.7. The highest BCUT2D eigenvalue weighted by atomic mass is 35.5. The van der Waals surface area contributed by atoms with Crippen molar-refractivity contribution in [1.82, 2.24) is 20.0 Å². The summed E-state index contributed by atoms with van der Waals surface area (Å²) < 4.78 is 7.30. The number of hydrogen-bond donors (Lipinski definition) is 1. The summed E-state index contributed by atoms with van der Waals surface area (Å²) in [6.45, 7) is 4.82. The Balaban J connectivity index is 1.48. The Hall–Kier alpha value is -2.57. The Bertz CT molecular complexity index is 947. The number of rotatable bonds is 7. The van der Waals surface area contributed by atoms with E-state index in [1.807, 2.05) is 49.4 Å². The number of amides is 1. The molecule has 1 unspecified atom stereocenters. The first-order chi connectivity index (χ1) is 14.1. The number of hydrogen-bond acceptors (Lipinski definition) is 4. The van der Waals surface area contributed by atoms with E-state index in [1.165, 1.54) is 12.8 Å². The average Bonchev–Trinajstić information content (AvgIpc) is 3.47. The predicted molar refractivity (Wildman–Crippen MR) is 112 cm³/mol. The summed E-state index contributed by atoms with van der Waals surface area (Å²) in [5.74, 6) is 0.664. The van der Waals surface area contributed by atoms with Crippen LogP contribution in [-0.2, 0) is 6.54 Å². The van der Waals surface area contributed by atoms with Gasteiger partial charge in [-0.1, -0.05) is 41.9 Å². The fraction of sp³-hybridized carbons (Fsp3) is 0.364. The lowest BCUT2D eigenvalue weighted by Crippen LogP contribution is -2.36. The van der Waals surface area contributed by atoms with Crippen molar-refractivity contribution in [1.29, 1.82) is 0 Å². The van der Waals surface area contributed by atoms with Crippen LogP contribution in [0.1, 0.15) is 46.3 Å². The van der Waals surface area contributed by atoms with Gasteiger partial charge in [-0.15, -0.1) is 0 Å². The fourth-order valence-electron chi connectivity index (χ4n) is 3.89. The molecule has 152 valence electrons. The number of furan rings is 1. The van der Waals surface area contributed by atoms with Crippen molar-refractivity contribution in [3.8, 4) is 0 Å². The van der Waals surface area contributed by atoms with E-state index in [4.69, 9.17) is 16.0 Å². The van der Waals surface area contributed by atoms with Crippen LogP contribution in [0.15, 0.2) is 53.1 Å². The highest BCUT2D eigenvalue weighted by Gasteiger charge is 2.27. The van der Waals surface area contributed by atoms with Gasteiger partial charge in [0.1, 0.15) is 10.9 Å². The number of nitrogens with one attached hydrogen (secondary N) is 1. The summed E-state index contributed by atoms with van der Waals surface area (Å²) in [6.07, 6.45) is 4.01. The van der Waals surface area contributed by atoms with E-state index in [0.29, 0.717) is 29.5 Å². The third kappa shape index (κ3) is 4.38. The lowest BCUT2D eigenvalue weighted by atomic mass is 10.1. The van der Waals surface area contributed by atoms with Crippen LogP contribution in [0.5, 0.6) is 0 Å². The summed E-state index contributed by atoms with van der Waals surface area (Å²) in [5, 5.41) is 7.88. The lowest BCUT2D eigenvalue weighted by Gasteiger charge is -2.26. The van der Waals surface area contributed by atoms with Gasteiger partial charge in [-0.3, -0.25) is 9.69 Å². The van der Waals surface area contributed by atoms with Gasteiger partial charge in [0.15, 0.2) is 0 Å². The smallest absolute Gasteiger partial charge is 0.256 e. The molecule has 1 atom stereocenters. The SMILES string of the molecule is Cc1nn(Cc2ccccc2)c(Cl)c1C(=O)NCC(c1ccco1)N1CCCC1. The molecule has 6 nitrogen and oxygen atoms in total. The van der Waals surface area contributed by atoms with Crippen LogP contribution < -0.4 is 5.32 Å². The molecule has 1 N–H and O–H groups in total. The molecule has 1 aromatic carbocycles. The van der Waals surface area contributed by atoms with Crippen LogP contribution in [0.2, 0.25) is 5.15 Å². The van der Waals surface area contributed by atoms with Crippen LogP contribution >= 0.6 is 11.6 Å². The molecule has 1 fully saturated rings. The topological polar surface area (TPSA) is 63.3 Å². The number of nitrogens with zero attached hydrogens (tertiary/aromatic N) is 3. The van der Waals surface area contributed by atoms with Crippen LogP contribution in [0.3, 0.4) is 0 Å². The number of likely N-dealkylation sites (tertiary alicyclic amines) is 1. The van der Waals surface area contributed by atoms with Gasteiger partial charge in [0.25, 0.3) is 5.91 Å². The van der Waals surface area contributed by atoms with Crippen LogP contribution in [0.4, 0.5) is 0 Å². The summed E-state index contributed by atoms with van der Waals surface area (Å²) in [7, 11) is 0. The maximum Gasteiger partial charge on any atom is 0.256 e. The van der Waals surface area contributed by atoms with Crippen molar-refractivity contribution in [2.24, 2.45) is 0 Å². The molecule has 1 amide bonds. The molecule has 1 saturated heterocycles. The number of halogens is 1. The third-order valence-electron chi connectivity index (χ3n) is 5.38. The largest absolute Gasteiger partial charge is 0.468 e. The van der Waals surface area contributed by atoms with Crippen LogP contribution in [0.25, 0.3) is 0 Å². The molecule has 2 aromatic heterocycles. The monoisotopic (exact) mass is 412 g/mol. The molecule has 0 radical (unpaired) electrons. The Morgan fingerprint density at radius 1 is 1.21 bits per heavy atom. The molecule has 3 heterocycles. The predicted octanol–water partition coefficient (Wildman–Crippen LogP) is 4.05. The van der Waals surface area contributed by atoms with E-state index in [0.717, 1.165) is 24.4 Å². The van der Waals surface area contributed by atoms with Crippen LogP contribution in [0, 0.1) is 6.92 Å². The van der Waals surface area contributed by atoms with Crippen molar-refractivity contribution in [2.75, 3.05) is 19.6 Å². The zero-order valence-corrected chi connectivity index (χ0v) is 17.2. The Kier molecular flexibility index (Phi) is 6.02. The molecular weight excluding hydrogens is 388 g/mol. The van der Waals surface area contributed by atoms with Gasteiger partial charge >= 0.3 is 0 Å². The number of aryl methyl sites for hydroxylation is 1. The molecule has 0 spiro atoms. The van der Waals surface area contributed by atoms with Gasteiger partial charge in [0.05, 0.1) is 30.1 Å². The summed E-state index contributed by atoms with van der Waals surface area (Å²) in [4.78, 5) is 15.3. The van der Waals surface area contributed by atoms with Gasteiger partial charge in [-0.05, 0) is 50.6 Å². The molecule has 0 bridgehead atoms. The van der Waals surface area contributed by atoms with Crippen molar-refractivity contribution in [3.05, 3.63) is 76.5 Å². The Labute approximate surface area is 175 Å². The molecule has 29 heavy (non-hydrogen) atoms. The van der Waals surface area contributed by atoms with Gasteiger partial charge in [-0.25, -0.2) is 4.68 Å². The fourth-order valence-corrected chi connectivity index (χ4v) is 4.21. The standard InChI is InChI=1S/C22H25ClN4O2/c1-16-20(21(23)27(25-16)15-17-8-3-2-4-9-17)22(28)24-14-18(19-10-7-13-29-19)26-11-5-6-12-26/h2-4,7-10,13,18H,5-6,11-12,14-15H2,1H3,(H,24,28). The minimum Gasteiger partial charge on any atom is -0.468 e. The maximum absolute atomic E-state index is 12.9. The number of carbonyl (C=O) groups excluding carboxylic acids is 1. The van der Waals surface area contributed by atoms with E-state index in [9.17, 15) is 4.79 Å². The molecule has 0 saturated carbocycles. The molecule has 0 aliphatic carbocycles. The van der Waals surface area contributed by atoms with Gasteiger partial charge < -0.3 is 9.73 Å². The summed E-state index contributed by atoms with van der Waals surface area (Å²) in [6, 6.07) is 13.8. The Morgan fingerprint density at radius 3 is 2.66 bits per heavy atom. The Morgan fingerprint density at radius 2 is 1.97 bits per heavy atom. The molecule has 1 aliphatic rings. The normalized spacial score (nSPS) is 15.5. The van der Waals surface area contributed by atoms with Crippen molar-refractivity contribution < 1.29 is 9.21 Å². The van der Waals surface area contributed by atoms with E-state index in [2.05, 4.69) is 15.3 Å². The minimum atomic E-state index is -0.206. The van der Waals surface area contributed by atoms with Gasteiger partial charge in [-0.2, -0.15) is 5.10 Å². The number of benzene rings is 1. The van der Waals surface area contributed by atoms with Crippen molar-refractivity contribution >= 4 is 17.5 Å². The molecular formula is C22H25ClN4O2. The van der Waals surface area contributed by atoms with E-state index in [1.54, 1.807) is 10.9 Å². The highest BCUT2D eigenvalue weighted by Crippen LogP contribution is 2.26. The van der Waals surface area contributed by atoms with Crippen molar-refractivity contribution in [2.45, 2.75) is 32.4 Å². The van der Waals surface area contributed by atoms with E-state index in [-0.39, 0.29) is 11.9 Å². The number of carbonyl (C=O) groups is 1. The minimum absolute atomic E-state index is 0.0231. The second-order valence-electron chi connectivity index (χ2n) is 7.38. The van der Waals surface area contributed by atoms with Crippen LogP contribution in [-0.4, -0.2) is 40.2 Å². The third-order valence-corrected chi connectivity index (χ3v) is 5.76. The first-order valence-corrected chi connectivity index (χ1v) is 10.3. The molecule has 7 heteroatoms. The van der Waals surface area contributed by atoms with Gasteiger partial charge in [0.2, 0.25) is 0 Å². The maximum atomic E-state index is 12.9. The van der Waals surface area contributed by atoms with E-state index < -0.39 is 0 Å². The first-order valence-electron chi connectivity index (χ1n) is 9.96. The van der Waals surface area contributed by atoms with Gasteiger partial charge in [0, 0.05) is 6.54 Å². The quantitative estimate of drug-likeness (QED) is 0.635. The zero-order valence-electron chi connectivity index (χ0n) is 16.5. The van der Waals surface area contributed by atoms with Crippen molar-refractivity contribution in [3.63, 3.8) is 0 Å². The van der Waals surface area contributed by atoms with E-state index >= 15 is 0 Å². The average molecular weight is 413 g/mol.